The minimum atomic E-state index is -0.930. The molecule has 0 saturated carbocycles. The van der Waals surface area contributed by atoms with Crippen molar-refractivity contribution in [1.29, 1.82) is 0 Å². The second kappa shape index (κ2) is 8.86. The molecule has 0 bridgehead atoms. The Morgan fingerprint density at radius 3 is 2.46 bits per heavy atom. The Morgan fingerprint density at radius 1 is 1.17 bits per heavy atom. The van der Waals surface area contributed by atoms with Crippen LogP contribution in [0.1, 0.15) is 24.8 Å². The number of likely N-dealkylation sites (tertiary alicyclic amines) is 1. The number of carbonyl (C=O) groups excluding carboxylic acids is 2. The lowest BCUT2D eigenvalue weighted by molar-refractivity contribution is -0.137. The van der Waals surface area contributed by atoms with Gasteiger partial charge in [0.1, 0.15) is 0 Å². The standard InChI is InChI=1S/C18H22N2O4/c21-16(7-6-14-4-2-1-3-5-14)20-12-9-15(10-13-20)18(24)19-11-8-17(22)23/h1-7,15H,8-13H2,(H,19,24)(H,22,23). The van der Waals surface area contributed by atoms with E-state index in [4.69, 9.17) is 5.11 Å². The van der Waals surface area contributed by atoms with Gasteiger partial charge in [0.2, 0.25) is 11.8 Å². The zero-order valence-electron chi connectivity index (χ0n) is 13.5. The summed E-state index contributed by atoms with van der Waals surface area (Å²) < 4.78 is 0. The Hall–Kier alpha value is -2.63. The van der Waals surface area contributed by atoms with Crippen molar-refractivity contribution in [2.75, 3.05) is 19.6 Å². The summed E-state index contributed by atoms with van der Waals surface area (Å²) >= 11 is 0. The largest absolute Gasteiger partial charge is 0.481 e. The predicted octanol–water partition coefficient (Wildman–Crippen LogP) is 1.53. The van der Waals surface area contributed by atoms with Crippen molar-refractivity contribution in [2.24, 2.45) is 5.92 Å². The van der Waals surface area contributed by atoms with Gasteiger partial charge in [0.05, 0.1) is 6.42 Å². The normalized spacial score (nSPS) is 15.4. The van der Waals surface area contributed by atoms with Crippen LogP contribution in [0.15, 0.2) is 36.4 Å². The van der Waals surface area contributed by atoms with Crippen molar-refractivity contribution in [3.05, 3.63) is 42.0 Å². The molecule has 0 unspecified atom stereocenters. The predicted molar refractivity (Wildman–Crippen MR) is 90.0 cm³/mol. The molecule has 1 aliphatic rings. The third kappa shape index (κ3) is 5.53. The van der Waals surface area contributed by atoms with Gasteiger partial charge in [-0.05, 0) is 24.5 Å². The molecule has 1 aromatic carbocycles. The first-order valence-electron chi connectivity index (χ1n) is 8.08. The first kappa shape index (κ1) is 17.7. The zero-order valence-corrected chi connectivity index (χ0v) is 13.5. The van der Waals surface area contributed by atoms with Crippen LogP contribution in [-0.4, -0.2) is 47.4 Å². The number of rotatable bonds is 6. The average Bonchev–Trinajstić information content (AvgIpc) is 2.60. The molecule has 6 heteroatoms. The van der Waals surface area contributed by atoms with Crippen LogP contribution in [-0.2, 0) is 14.4 Å². The Balaban J connectivity index is 1.75. The summed E-state index contributed by atoms with van der Waals surface area (Å²) in [6.45, 7) is 1.22. The summed E-state index contributed by atoms with van der Waals surface area (Å²) in [6.07, 6.45) is 4.47. The van der Waals surface area contributed by atoms with Gasteiger partial charge >= 0.3 is 5.97 Å². The van der Waals surface area contributed by atoms with E-state index in [1.807, 2.05) is 30.3 Å². The van der Waals surface area contributed by atoms with Gasteiger partial charge in [-0.25, -0.2) is 0 Å². The van der Waals surface area contributed by atoms with E-state index in [2.05, 4.69) is 5.32 Å². The molecule has 0 atom stereocenters. The van der Waals surface area contributed by atoms with E-state index in [1.165, 1.54) is 0 Å². The lowest BCUT2D eigenvalue weighted by atomic mass is 9.96. The number of nitrogens with zero attached hydrogens (tertiary/aromatic N) is 1. The fourth-order valence-electron chi connectivity index (χ4n) is 2.64. The molecule has 0 aliphatic carbocycles. The molecular formula is C18H22N2O4. The zero-order chi connectivity index (χ0) is 17.4. The first-order chi connectivity index (χ1) is 11.6. The number of aliphatic carboxylic acids is 1. The van der Waals surface area contributed by atoms with Gasteiger partial charge in [-0.3, -0.25) is 14.4 Å². The molecule has 6 nitrogen and oxygen atoms in total. The second-order valence-corrected chi connectivity index (χ2v) is 5.78. The average molecular weight is 330 g/mol. The molecule has 1 fully saturated rings. The van der Waals surface area contributed by atoms with E-state index in [-0.39, 0.29) is 30.7 Å². The van der Waals surface area contributed by atoms with Gasteiger partial charge in [0.15, 0.2) is 0 Å². The van der Waals surface area contributed by atoms with Crippen LogP contribution in [0.5, 0.6) is 0 Å². The van der Waals surface area contributed by atoms with Crippen molar-refractivity contribution in [3.63, 3.8) is 0 Å². The maximum atomic E-state index is 12.2. The van der Waals surface area contributed by atoms with Crippen molar-refractivity contribution < 1.29 is 19.5 Å². The highest BCUT2D eigenvalue weighted by Gasteiger charge is 2.26. The molecule has 0 radical (unpaired) electrons. The highest BCUT2D eigenvalue weighted by Crippen LogP contribution is 2.18. The molecule has 1 aromatic rings. The van der Waals surface area contributed by atoms with Gasteiger partial charge in [-0.2, -0.15) is 0 Å². The van der Waals surface area contributed by atoms with Gasteiger partial charge in [0.25, 0.3) is 0 Å². The van der Waals surface area contributed by atoms with E-state index in [0.717, 1.165) is 5.56 Å². The fourth-order valence-corrected chi connectivity index (χ4v) is 2.64. The monoisotopic (exact) mass is 330 g/mol. The van der Waals surface area contributed by atoms with Crippen LogP contribution in [0.2, 0.25) is 0 Å². The van der Waals surface area contributed by atoms with Crippen molar-refractivity contribution >= 4 is 23.9 Å². The minimum absolute atomic E-state index is 0.0522. The third-order valence-electron chi connectivity index (χ3n) is 4.03. The van der Waals surface area contributed by atoms with E-state index in [0.29, 0.717) is 25.9 Å². The van der Waals surface area contributed by atoms with Crippen LogP contribution in [0.3, 0.4) is 0 Å². The van der Waals surface area contributed by atoms with Gasteiger partial charge in [-0.1, -0.05) is 30.3 Å². The maximum Gasteiger partial charge on any atom is 0.305 e. The number of carbonyl (C=O) groups is 3. The van der Waals surface area contributed by atoms with Crippen LogP contribution in [0, 0.1) is 5.92 Å². The molecule has 0 aromatic heterocycles. The number of hydrogen-bond acceptors (Lipinski definition) is 3. The smallest absolute Gasteiger partial charge is 0.305 e. The number of benzene rings is 1. The number of hydrogen-bond donors (Lipinski definition) is 2. The van der Waals surface area contributed by atoms with Crippen molar-refractivity contribution in [1.82, 2.24) is 10.2 Å². The highest BCUT2D eigenvalue weighted by atomic mass is 16.4. The fraction of sp³-hybridized carbons (Fsp3) is 0.389. The van der Waals surface area contributed by atoms with Crippen molar-refractivity contribution in [3.8, 4) is 0 Å². The molecule has 1 heterocycles. The lowest BCUT2D eigenvalue weighted by Gasteiger charge is -2.30. The highest BCUT2D eigenvalue weighted by molar-refractivity contribution is 5.92. The molecule has 128 valence electrons. The number of carboxylic acid groups (broad SMARTS) is 1. The van der Waals surface area contributed by atoms with Crippen LogP contribution in [0.4, 0.5) is 0 Å². The van der Waals surface area contributed by atoms with E-state index >= 15 is 0 Å². The number of nitrogens with one attached hydrogen (secondary N) is 1. The van der Waals surface area contributed by atoms with Gasteiger partial charge < -0.3 is 15.3 Å². The SMILES string of the molecule is O=C(O)CCNC(=O)C1CCN(C(=O)C=Cc2ccccc2)CC1. The topological polar surface area (TPSA) is 86.7 Å². The second-order valence-electron chi connectivity index (χ2n) is 5.78. The number of carboxylic acids is 1. The quantitative estimate of drug-likeness (QED) is 0.775. The third-order valence-corrected chi connectivity index (χ3v) is 4.03. The Kier molecular flexibility index (Phi) is 6.54. The summed E-state index contributed by atoms with van der Waals surface area (Å²) in [5, 5.41) is 11.2. The minimum Gasteiger partial charge on any atom is -0.481 e. The van der Waals surface area contributed by atoms with Crippen LogP contribution in [0.25, 0.3) is 6.08 Å². The summed E-state index contributed by atoms with van der Waals surface area (Å²) in [4.78, 5) is 36.3. The molecule has 2 rings (SSSR count). The van der Waals surface area contributed by atoms with Gasteiger partial charge in [0, 0.05) is 31.6 Å². The van der Waals surface area contributed by atoms with Crippen LogP contribution >= 0.6 is 0 Å². The molecule has 0 spiro atoms. The van der Waals surface area contributed by atoms with E-state index < -0.39 is 5.97 Å². The number of amides is 2. The summed E-state index contributed by atoms with van der Waals surface area (Å²) in [7, 11) is 0. The molecule has 1 saturated heterocycles. The molecular weight excluding hydrogens is 308 g/mol. The summed E-state index contributed by atoms with van der Waals surface area (Å²) in [5.41, 5.74) is 0.971. The summed E-state index contributed by atoms with van der Waals surface area (Å²) in [6, 6.07) is 9.61. The molecule has 2 N–H and O–H groups in total. The molecule has 24 heavy (non-hydrogen) atoms. The molecule has 1 aliphatic heterocycles. The van der Waals surface area contributed by atoms with E-state index in [9.17, 15) is 14.4 Å². The Bertz CT molecular complexity index is 605. The lowest BCUT2D eigenvalue weighted by Crippen LogP contribution is -2.42. The van der Waals surface area contributed by atoms with E-state index in [1.54, 1.807) is 17.1 Å². The van der Waals surface area contributed by atoms with Crippen LogP contribution < -0.4 is 5.32 Å². The van der Waals surface area contributed by atoms with Crippen molar-refractivity contribution in [2.45, 2.75) is 19.3 Å². The first-order valence-corrected chi connectivity index (χ1v) is 8.08. The molecule has 2 amide bonds. The number of piperidine rings is 1. The Morgan fingerprint density at radius 2 is 1.83 bits per heavy atom. The summed E-state index contributed by atoms with van der Waals surface area (Å²) in [5.74, 6) is -1.26. The Labute approximate surface area is 141 Å². The van der Waals surface area contributed by atoms with Gasteiger partial charge in [-0.15, -0.1) is 0 Å². The maximum absolute atomic E-state index is 12.2.